The maximum absolute atomic E-state index is 6.48. The number of nitrogens with one attached hydrogen (secondary N) is 2. The minimum atomic E-state index is -0.168. The van der Waals surface area contributed by atoms with Crippen LogP contribution in [0.25, 0.3) is 0 Å². The fourth-order valence-corrected chi connectivity index (χ4v) is 4.33. The third kappa shape index (κ3) is 4.45. The molecule has 0 amide bonds. The molecule has 1 aromatic carbocycles. The quantitative estimate of drug-likeness (QED) is 0.578. The average Bonchev–Trinajstić information content (AvgIpc) is 3.36. The molecular weight excluding hydrogens is 378 g/mol. The first kappa shape index (κ1) is 20.7. The number of aliphatic imine (C=N–C) groups is 1. The Morgan fingerprint density at radius 3 is 2.70 bits per heavy atom. The molecule has 2 aromatic rings. The number of hydrogen-bond donors (Lipinski definition) is 2. The van der Waals surface area contributed by atoms with Gasteiger partial charge in [0.15, 0.2) is 11.8 Å². The Bertz CT molecular complexity index is 893. The maximum Gasteiger partial charge on any atom is 0.232 e. The van der Waals surface area contributed by atoms with Gasteiger partial charge in [-0.15, -0.1) is 0 Å². The first-order chi connectivity index (χ1) is 14.4. The zero-order valence-corrected chi connectivity index (χ0v) is 18.5. The Balaban J connectivity index is 1.53. The Morgan fingerprint density at radius 1 is 1.23 bits per heavy atom. The van der Waals surface area contributed by atoms with E-state index < -0.39 is 0 Å². The Labute approximate surface area is 178 Å². The molecule has 7 nitrogen and oxygen atoms in total. The van der Waals surface area contributed by atoms with Gasteiger partial charge in [-0.1, -0.05) is 44.1 Å². The Morgan fingerprint density at radius 2 is 2.00 bits per heavy atom. The van der Waals surface area contributed by atoms with Crippen molar-refractivity contribution in [2.45, 2.75) is 83.4 Å². The van der Waals surface area contributed by atoms with E-state index in [9.17, 15) is 0 Å². The SMILES string of the molecule is CCNC(=NCc1noc(C(C)(C)C)n1)NC1CC2(CCCC2)Oc2ccccc21. The smallest absolute Gasteiger partial charge is 0.232 e. The van der Waals surface area contributed by atoms with Crippen molar-refractivity contribution in [3.8, 4) is 5.75 Å². The van der Waals surface area contributed by atoms with E-state index in [1.54, 1.807) is 0 Å². The highest BCUT2D eigenvalue weighted by atomic mass is 16.5. The van der Waals surface area contributed by atoms with Crippen LogP contribution >= 0.6 is 0 Å². The number of hydrogen-bond acceptors (Lipinski definition) is 5. The lowest BCUT2D eigenvalue weighted by atomic mass is 9.86. The van der Waals surface area contributed by atoms with Crippen LogP contribution in [0.2, 0.25) is 0 Å². The first-order valence-corrected chi connectivity index (χ1v) is 11.0. The van der Waals surface area contributed by atoms with Gasteiger partial charge in [-0.2, -0.15) is 4.98 Å². The van der Waals surface area contributed by atoms with Crippen LogP contribution in [0, 0.1) is 0 Å². The van der Waals surface area contributed by atoms with Crippen molar-refractivity contribution >= 4 is 5.96 Å². The molecule has 0 bridgehead atoms. The molecule has 30 heavy (non-hydrogen) atoms. The average molecular weight is 412 g/mol. The molecule has 1 unspecified atom stereocenters. The van der Waals surface area contributed by atoms with Gasteiger partial charge in [0.05, 0.1) is 6.04 Å². The number of ether oxygens (including phenoxy) is 1. The molecule has 0 saturated heterocycles. The van der Waals surface area contributed by atoms with Crippen molar-refractivity contribution in [1.29, 1.82) is 0 Å². The van der Waals surface area contributed by atoms with Crippen molar-refractivity contribution in [2.24, 2.45) is 4.99 Å². The molecule has 1 saturated carbocycles. The highest BCUT2D eigenvalue weighted by molar-refractivity contribution is 5.80. The second kappa shape index (κ2) is 8.28. The summed E-state index contributed by atoms with van der Waals surface area (Å²) in [6.45, 7) is 9.38. The summed E-state index contributed by atoms with van der Waals surface area (Å²) in [7, 11) is 0. The molecule has 1 spiro atoms. The van der Waals surface area contributed by atoms with Crippen molar-refractivity contribution < 1.29 is 9.26 Å². The van der Waals surface area contributed by atoms with E-state index in [1.165, 1.54) is 18.4 Å². The summed E-state index contributed by atoms with van der Waals surface area (Å²) in [4.78, 5) is 9.22. The molecule has 162 valence electrons. The summed E-state index contributed by atoms with van der Waals surface area (Å²) in [5.41, 5.74) is 0.966. The summed E-state index contributed by atoms with van der Waals surface area (Å²) in [5, 5.41) is 11.1. The van der Waals surface area contributed by atoms with Crippen molar-refractivity contribution in [3.63, 3.8) is 0 Å². The predicted molar refractivity (Wildman–Crippen MR) is 117 cm³/mol. The van der Waals surface area contributed by atoms with Gasteiger partial charge in [-0.05, 0) is 38.7 Å². The maximum atomic E-state index is 6.48. The molecule has 1 atom stereocenters. The van der Waals surface area contributed by atoms with Crippen LogP contribution in [-0.2, 0) is 12.0 Å². The summed E-state index contributed by atoms with van der Waals surface area (Å²) >= 11 is 0. The van der Waals surface area contributed by atoms with E-state index in [-0.39, 0.29) is 17.1 Å². The Hall–Kier alpha value is -2.57. The highest BCUT2D eigenvalue weighted by Crippen LogP contribution is 2.46. The van der Waals surface area contributed by atoms with Crippen LogP contribution in [0.5, 0.6) is 5.75 Å². The number of guanidine groups is 1. The fourth-order valence-electron chi connectivity index (χ4n) is 4.33. The van der Waals surface area contributed by atoms with Gasteiger partial charge in [-0.25, -0.2) is 4.99 Å². The van der Waals surface area contributed by atoms with Crippen LogP contribution in [0.15, 0.2) is 33.8 Å². The Kier molecular flexibility index (Phi) is 5.71. The van der Waals surface area contributed by atoms with Crippen LogP contribution in [-0.4, -0.2) is 28.2 Å². The minimum absolute atomic E-state index is 0.0569. The van der Waals surface area contributed by atoms with Crippen LogP contribution in [0.3, 0.4) is 0 Å². The lowest BCUT2D eigenvalue weighted by Gasteiger charge is -2.40. The highest BCUT2D eigenvalue weighted by Gasteiger charge is 2.43. The van der Waals surface area contributed by atoms with E-state index in [4.69, 9.17) is 14.3 Å². The van der Waals surface area contributed by atoms with Gasteiger partial charge < -0.3 is 19.9 Å². The zero-order valence-electron chi connectivity index (χ0n) is 18.5. The minimum Gasteiger partial charge on any atom is -0.487 e. The van der Waals surface area contributed by atoms with Gasteiger partial charge in [0.25, 0.3) is 0 Å². The van der Waals surface area contributed by atoms with Gasteiger partial charge in [0, 0.05) is 23.9 Å². The summed E-state index contributed by atoms with van der Waals surface area (Å²) in [6.07, 6.45) is 5.65. The third-order valence-corrected chi connectivity index (χ3v) is 5.86. The van der Waals surface area contributed by atoms with Crippen LogP contribution in [0.4, 0.5) is 0 Å². The van der Waals surface area contributed by atoms with E-state index in [2.05, 4.69) is 66.7 Å². The number of rotatable bonds is 4. The molecular formula is C23H33N5O2. The van der Waals surface area contributed by atoms with Gasteiger partial charge in [0.1, 0.15) is 17.9 Å². The second-order valence-corrected chi connectivity index (χ2v) is 9.39. The molecule has 1 aliphatic heterocycles. The largest absolute Gasteiger partial charge is 0.487 e. The monoisotopic (exact) mass is 411 g/mol. The van der Waals surface area contributed by atoms with Crippen molar-refractivity contribution in [3.05, 3.63) is 41.5 Å². The molecule has 2 aliphatic rings. The topological polar surface area (TPSA) is 84.6 Å². The molecule has 2 N–H and O–H groups in total. The number of aromatic nitrogens is 2. The number of benzene rings is 1. The lowest BCUT2D eigenvalue weighted by molar-refractivity contribution is 0.0396. The molecule has 7 heteroatoms. The predicted octanol–water partition coefficient (Wildman–Crippen LogP) is 4.26. The summed E-state index contributed by atoms with van der Waals surface area (Å²) in [5.74, 6) is 2.98. The lowest BCUT2D eigenvalue weighted by Crippen LogP contribution is -2.46. The molecule has 1 fully saturated rings. The summed E-state index contributed by atoms with van der Waals surface area (Å²) in [6, 6.07) is 8.50. The fraction of sp³-hybridized carbons (Fsp3) is 0.609. The molecule has 1 aromatic heterocycles. The zero-order chi connectivity index (χ0) is 21.2. The summed E-state index contributed by atoms with van der Waals surface area (Å²) < 4.78 is 11.9. The van der Waals surface area contributed by atoms with Crippen molar-refractivity contribution in [2.75, 3.05) is 6.54 Å². The van der Waals surface area contributed by atoms with Crippen LogP contribution < -0.4 is 15.4 Å². The van der Waals surface area contributed by atoms with Crippen LogP contribution in [0.1, 0.15) is 83.1 Å². The number of nitrogens with zero attached hydrogens (tertiary/aromatic N) is 3. The van der Waals surface area contributed by atoms with E-state index >= 15 is 0 Å². The van der Waals surface area contributed by atoms with E-state index in [0.717, 1.165) is 37.5 Å². The second-order valence-electron chi connectivity index (χ2n) is 9.39. The molecule has 0 radical (unpaired) electrons. The molecule has 4 rings (SSSR count). The number of para-hydroxylation sites is 1. The normalized spacial score (nSPS) is 20.7. The van der Waals surface area contributed by atoms with Crippen molar-refractivity contribution in [1.82, 2.24) is 20.8 Å². The number of fused-ring (bicyclic) bond motifs is 1. The standard InChI is InChI=1S/C23H33N5O2/c1-5-24-21(25-15-19-27-20(30-28-19)22(2,3)4)26-17-14-23(12-8-9-13-23)29-18-11-7-6-10-16(17)18/h6-7,10-11,17H,5,8-9,12-15H2,1-4H3,(H2,24,25,26). The first-order valence-electron chi connectivity index (χ1n) is 11.0. The van der Waals surface area contributed by atoms with Gasteiger partial charge in [-0.3, -0.25) is 0 Å². The van der Waals surface area contributed by atoms with E-state index in [0.29, 0.717) is 18.3 Å². The van der Waals surface area contributed by atoms with E-state index in [1.807, 2.05) is 6.07 Å². The molecule has 2 heterocycles. The van der Waals surface area contributed by atoms with Gasteiger partial charge >= 0.3 is 0 Å². The molecule has 1 aliphatic carbocycles. The van der Waals surface area contributed by atoms with Gasteiger partial charge in [0.2, 0.25) is 5.89 Å². The third-order valence-electron chi connectivity index (χ3n) is 5.86.